The Kier molecular flexibility index (Phi) is 5.56. The van der Waals surface area contributed by atoms with E-state index in [9.17, 15) is 0 Å². The number of imidazole rings is 1. The van der Waals surface area contributed by atoms with Crippen LogP contribution in [0.1, 0.15) is 5.69 Å². The molecule has 8 nitrogen and oxygen atoms in total. The third kappa shape index (κ3) is 4.20. The van der Waals surface area contributed by atoms with Crippen molar-refractivity contribution < 1.29 is 18.6 Å². The molecule has 0 radical (unpaired) electrons. The molecular weight excluding hydrogens is 508 g/mol. The van der Waals surface area contributed by atoms with Gasteiger partial charge in [-0.25, -0.2) is 14.5 Å². The highest BCUT2D eigenvalue weighted by Gasteiger charge is 2.17. The number of hydrogen-bond acceptors (Lipinski definition) is 9. The number of ether oxygens (including phenoxy) is 3. The normalized spacial score (nSPS) is 11.4. The van der Waals surface area contributed by atoms with Gasteiger partial charge in [0.2, 0.25) is 4.96 Å². The molecule has 2 aromatic carbocycles. The summed E-state index contributed by atoms with van der Waals surface area (Å²) in [4.78, 5) is 10.0. The number of methoxy groups -OCH3 is 2. The van der Waals surface area contributed by atoms with Crippen molar-refractivity contribution in [3.63, 3.8) is 0 Å². The van der Waals surface area contributed by atoms with E-state index in [0.29, 0.717) is 50.3 Å². The number of hydrogen-bond donors (Lipinski definition) is 0. The predicted octanol–water partition coefficient (Wildman–Crippen LogP) is 6.58. The Balaban J connectivity index is 1.28. The lowest BCUT2D eigenvalue weighted by atomic mass is 10.2. The molecule has 0 spiro atoms. The molecule has 0 bridgehead atoms. The monoisotopic (exact) mass is 524 g/mol. The van der Waals surface area contributed by atoms with E-state index in [4.69, 9.17) is 35.2 Å². The molecular formula is C24H17ClN4O4S2. The number of nitrogens with zero attached hydrogens (tertiary/aromatic N) is 4. The topological polar surface area (TPSA) is 83.9 Å². The molecule has 0 aliphatic heterocycles. The number of furan rings is 1. The van der Waals surface area contributed by atoms with E-state index < -0.39 is 0 Å². The highest BCUT2D eigenvalue weighted by molar-refractivity contribution is 7.18. The summed E-state index contributed by atoms with van der Waals surface area (Å²) in [5.41, 5.74) is 3.14. The molecule has 6 rings (SSSR count). The van der Waals surface area contributed by atoms with Crippen molar-refractivity contribution in [2.24, 2.45) is 0 Å². The quantitative estimate of drug-likeness (QED) is 0.233. The molecule has 0 saturated carbocycles. The van der Waals surface area contributed by atoms with E-state index in [2.05, 4.69) is 10.1 Å². The molecule has 0 fully saturated rings. The number of halogens is 1. The van der Waals surface area contributed by atoms with Gasteiger partial charge in [-0.15, -0.1) is 16.4 Å². The van der Waals surface area contributed by atoms with Crippen LogP contribution in [0.25, 0.3) is 38.0 Å². The fourth-order valence-corrected chi connectivity index (χ4v) is 5.22. The first-order chi connectivity index (χ1) is 17.1. The molecule has 4 heterocycles. The highest BCUT2D eigenvalue weighted by Crippen LogP contribution is 2.38. The number of fused-ring (bicyclic) bond motifs is 2. The van der Waals surface area contributed by atoms with Crippen LogP contribution >= 0.6 is 34.3 Å². The minimum absolute atomic E-state index is 0.302. The first-order valence-electron chi connectivity index (χ1n) is 10.4. The molecule has 0 saturated heterocycles. The zero-order valence-corrected chi connectivity index (χ0v) is 20.9. The lowest BCUT2D eigenvalue weighted by Gasteiger charge is -2.07. The van der Waals surface area contributed by atoms with Crippen molar-refractivity contribution in [2.75, 3.05) is 14.2 Å². The van der Waals surface area contributed by atoms with E-state index in [1.165, 1.54) is 11.3 Å². The molecule has 11 heteroatoms. The Bertz CT molecular complexity index is 1620. The molecule has 0 aliphatic carbocycles. The largest absolute Gasteiger partial charge is 0.496 e. The second-order valence-corrected chi connectivity index (χ2v) is 9.73. The molecule has 0 atom stereocenters. The fourth-order valence-electron chi connectivity index (χ4n) is 3.58. The minimum Gasteiger partial charge on any atom is -0.496 e. The van der Waals surface area contributed by atoms with Crippen LogP contribution in [-0.4, -0.2) is 33.8 Å². The van der Waals surface area contributed by atoms with Gasteiger partial charge in [0.1, 0.15) is 34.4 Å². The molecule has 4 aromatic heterocycles. The van der Waals surface area contributed by atoms with Crippen LogP contribution in [0.4, 0.5) is 0 Å². The number of aromatic nitrogens is 4. The highest BCUT2D eigenvalue weighted by atomic mass is 35.5. The van der Waals surface area contributed by atoms with Crippen LogP contribution in [0.2, 0.25) is 5.02 Å². The number of thiazole rings is 1. The summed E-state index contributed by atoms with van der Waals surface area (Å²) in [7, 11) is 3.19. The Morgan fingerprint density at radius 2 is 1.91 bits per heavy atom. The van der Waals surface area contributed by atoms with Crippen LogP contribution in [0.5, 0.6) is 16.7 Å². The van der Waals surface area contributed by atoms with Gasteiger partial charge >= 0.3 is 0 Å². The van der Waals surface area contributed by atoms with Crippen molar-refractivity contribution in [3.05, 3.63) is 64.8 Å². The smallest absolute Gasteiger partial charge is 0.294 e. The molecule has 0 amide bonds. The van der Waals surface area contributed by atoms with Gasteiger partial charge in [-0.3, -0.25) is 0 Å². The summed E-state index contributed by atoms with van der Waals surface area (Å²) in [6.45, 7) is 0.302. The molecule has 0 aliphatic rings. The van der Waals surface area contributed by atoms with Crippen molar-refractivity contribution in [3.8, 4) is 38.7 Å². The maximum Gasteiger partial charge on any atom is 0.294 e. The van der Waals surface area contributed by atoms with Crippen molar-refractivity contribution in [1.82, 2.24) is 19.6 Å². The second-order valence-electron chi connectivity index (χ2n) is 7.51. The Morgan fingerprint density at radius 1 is 1.06 bits per heavy atom. The molecule has 35 heavy (non-hydrogen) atoms. The van der Waals surface area contributed by atoms with E-state index in [0.717, 1.165) is 21.7 Å². The van der Waals surface area contributed by atoms with Gasteiger partial charge in [0.25, 0.3) is 5.19 Å². The van der Waals surface area contributed by atoms with Crippen LogP contribution in [0.15, 0.2) is 58.5 Å². The maximum absolute atomic E-state index is 6.17. The van der Waals surface area contributed by atoms with Gasteiger partial charge in [0, 0.05) is 28.1 Å². The summed E-state index contributed by atoms with van der Waals surface area (Å²) in [5, 5.41) is 9.27. The van der Waals surface area contributed by atoms with E-state index >= 15 is 0 Å². The van der Waals surface area contributed by atoms with Crippen molar-refractivity contribution >= 4 is 50.2 Å². The van der Waals surface area contributed by atoms with E-state index in [1.54, 1.807) is 36.3 Å². The maximum atomic E-state index is 6.17. The first kappa shape index (κ1) is 21.9. The van der Waals surface area contributed by atoms with E-state index in [-0.39, 0.29) is 0 Å². The zero-order valence-electron chi connectivity index (χ0n) is 18.5. The molecule has 0 unspecified atom stereocenters. The number of benzene rings is 2. The summed E-state index contributed by atoms with van der Waals surface area (Å²) in [6.07, 6.45) is 1.80. The number of rotatable bonds is 7. The SMILES string of the molecule is COc1cc(OCc2csc(-c3ccc(Cl)cc3)n2)c2cc(-c3cn4nc(OC)sc4n3)oc2c1. The Morgan fingerprint density at radius 3 is 2.69 bits per heavy atom. The first-order valence-corrected chi connectivity index (χ1v) is 12.5. The van der Waals surface area contributed by atoms with Crippen LogP contribution < -0.4 is 14.2 Å². The molecule has 0 N–H and O–H groups in total. The Hall–Kier alpha value is -3.60. The minimum atomic E-state index is 0.302. The standard InChI is InChI=1S/C24H17ClN4O4S2/c1-30-16-7-19(32-11-15-12-34-22(26-15)13-3-5-14(25)6-4-13)17-9-21(33-20(17)8-16)18-10-29-23(27-18)35-24(28-29)31-2/h3-10,12H,11H2,1-2H3. The predicted molar refractivity (Wildman–Crippen MR) is 136 cm³/mol. The Labute approximate surface area is 212 Å². The van der Waals surface area contributed by atoms with Crippen LogP contribution in [-0.2, 0) is 6.61 Å². The summed E-state index contributed by atoms with van der Waals surface area (Å²) >= 11 is 8.91. The van der Waals surface area contributed by atoms with Crippen molar-refractivity contribution in [2.45, 2.75) is 6.61 Å². The van der Waals surface area contributed by atoms with Gasteiger partial charge in [-0.05, 0) is 29.5 Å². The summed E-state index contributed by atoms with van der Waals surface area (Å²) in [5.74, 6) is 1.87. The third-order valence-corrected chi connectivity index (χ3v) is 7.35. The molecule has 6 aromatic rings. The average Bonchev–Trinajstić information content (AvgIpc) is 3.65. The average molecular weight is 525 g/mol. The van der Waals surface area contributed by atoms with Gasteiger partial charge < -0.3 is 18.6 Å². The van der Waals surface area contributed by atoms with Gasteiger partial charge in [-0.1, -0.05) is 23.7 Å². The fraction of sp³-hybridized carbons (Fsp3) is 0.125. The van der Waals surface area contributed by atoms with Crippen molar-refractivity contribution in [1.29, 1.82) is 0 Å². The van der Waals surface area contributed by atoms with Gasteiger partial charge in [0.05, 0.1) is 31.5 Å². The second kappa shape index (κ2) is 8.88. The third-order valence-electron chi connectivity index (χ3n) is 5.28. The lowest BCUT2D eigenvalue weighted by molar-refractivity contribution is 0.303. The summed E-state index contributed by atoms with van der Waals surface area (Å²) in [6, 6.07) is 13.2. The summed E-state index contributed by atoms with van der Waals surface area (Å²) < 4.78 is 24.6. The van der Waals surface area contributed by atoms with Crippen LogP contribution in [0, 0.1) is 0 Å². The van der Waals surface area contributed by atoms with E-state index in [1.807, 2.05) is 47.8 Å². The van der Waals surface area contributed by atoms with Crippen LogP contribution in [0.3, 0.4) is 0 Å². The van der Waals surface area contributed by atoms with Gasteiger partial charge in [0.15, 0.2) is 5.76 Å². The van der Waals surface area contributed by atoms with Gasteiger partial charge in [-0.2, -0.15) is 0 Å². The zero-order chi connectivity index (χ0) is 23.9. The molecule has 176 valence electrons. The lowest BCUT2D eigenvalue weighted by Crippen LogP contribution is -1.96.